The zero-order valence-corrected chi connectivity index (χ0v) is 19.5. The van der Waals surface area contributed by atoms with E-state index in [1.165, 1.54) is 11.1 Å². The molecule has 1 aliphatic carbocycles. The van der Waals surface area contributed by atoms with Crippen molar-refractivity contribution in [1.29, 1.82) is 0 Å². The van der Waals surface area contributed by atoms with Crippen LogP contribution in [0.2, 0.25) is 0 Å². The minimum Gasteiger partial charge on any atom is -0.449 e. The van der Waals surface area contributed by atoms with E-state index in [0.29, 0.717) is 19.5 Å². The number of amides is 2. The van der Waals surface area contributed by atoms with Crippen LogP contribution in [0.25, 0.3) is 11.1 Å². The van der Waals surface area contributed by atoms with E-state index < -0.39 is 12.1 Å². The summed E-state index contributed by atoms with van der Waals surface area (Å²) < 4.78 is 5.67. The first-order valence-corrected chi connectivity index (χ1v) is 12.0. The second kappa shape index (κ2) is 10.4. The van der Waals surface area contributed by atoms with Crippen LogP contribution in [0, 0.1) is 11.8 Å². The lowest BCUT2D eigenvalue weighted by molar-refractivity contribution is -0.135. The summed E-state index contributed by atoms with van der Waals surface area (Å²) in [6.45, 7) is 5.70. The molecule has 1 fully saturated rings. The number of nitrogens with zero attached hydrogens (tertiary/aromatic N) is 1. The van der Waals surface area contributed by atoms with Crippen LogP contribution >= 0.6 is 0 Å². The van der Waals surface area contributed by atoms with E-state index in [2.05, 4.69) is 29.6 Å². The third kappa shape index (κ3) is 5.22. The molecule has 176 valence electrons. The molecule has 0 spiro atoms. The van der Waals surface area contributed by atoms with Gasteiger partial charge in [0.05, 0.1) is 0 Å². The van der Waals surface area contributed by atoms with Crippen molar-refractivity contribution in [3.63, 3.8) is 0 Å². The first-order chi connectivity index (χ1) is 16.0. The summed E-state index contributed by atoms with van der Waals surface area (Å²) in [4.78, 5) is 27.7. The molecule has 0 radical (unpaired) electrons. The Bertz CT molecular complexity index is 936. The molecule has 1 heterocycles. The number of ether oxygens (including phenoxy) is 1. The Balaban J connectivity index is 1.40. The first-order valence-electron chi connectivity index (χ1n) is 12.0. The van der Waals surface area contributed by atoms with Gasteiger partial charge in [0.25, 0.3) is 0 Å². The number of aliphatic hydroxyl groups excluding tert-OH is 1. The molecule has 0 aromatic heterocycles. The van der Waals surface area contributed by atoms with Crippen molar-refractivity contribution in [1.82, 2.24) is 10.2 Å². The maximum absolute atomic E-state index is 13.1. The number of hydrogen-bond donors (Lipinski definition) is 2. The minimum atomic E-state index is -0.605. The monoisotopic (exact) mass is 450 g/mol. The van der Waals surface area contributed by atoms with Crippen LogP contribution in [0.3, 0.4) is 0 Å². The summed E-state index contributed by atoms with van der Waals surface area (Å²) in [5, 5.41) is 12.2. The van der Waals surface area contributed by atoms with Gasteiger partial charge in [0.1, 0.15) is 12.6 Å². The lowest BCUT2D eigenvalue weighted by Gasteiger charge is -2.34. The Morgan fingerprint density at radius 1 is 1.03 bits per heavy atom. The van der Waals surface area contributed by atoms with Crippen molar-refractivity contribution in [2.45, 2.75) is 45.1 Å². The third-order valence-corrected chi connectivity index (χ3v) is 6.83. The molecule has 33 heavy (non-hydrogen) atoms. The highest BCUT2D eigenvalue weighted by Crippen LogP contribution is 2.44. The van der Waals surface area contributed by atoms with Gasteiger partial charge in [-0.1, -0.05) is 62.4 Å². The van der Waals surface area contributed by atoms with Crippen LogP contribution in [0.5, 0.6) is 0 Å². The van der Waals surface area contributed by atoms with Gasteiger partial charge in [-0.3, -0.25) is 4.79 Å². The van der Waals surface area contributed by atoms with Gasteiger partial charge in [-0.05, 0) is 53.4 Å². The molecule has 6 heteroatoms. The topological polar surface area (TPSA) is 78.9 Å². The van der Waals surface area contributed by atoms with E-state index in [0.717, 1.165) is 24.0 Å². The Hall–Kier alpha value is -2.86. The molecule has 1 atom stereocenters. The summed E-state index contributed by atoms with van der Waals surface area (Å²) in [7, 11) is 0. The number of likely N-dealkylation sites (tertiary alicyclic amines) is 1. The first kappa shape index (κ1) is 23.3. The molecular formula is C27H34N2O4. The van der Waals surface area contributed by atoms with Gasteiger partial charge < -0.3 is 20.1 Å². The van der Waals surface area contributed by atoms with Gasteiger partial charge >= 0.3 is 6.09 Å². The zero-order chi connectivity index (χ0) is 23.4. The van der Waals surface area contributed by atoms with E-state index >= 15 is 0 Å². The molecule has 2 aromatic carbocycles. The fraction of sp³-hybridized carbons (Fsp3) is 0.481. The summed E-state index contributed by atoms with van der Waals surface area (Å²) >= 11 is 0. The molecule has 1 unspecified atom stereocenters. The average molecular weight is 451 g/mol. The molecular weight excluding hydrogens is 416 g/mol. The number of carbonyl (C=O) groups is 2. The van der Waals surface area contributed by atoms with Crippen LogP contribution in [0.1, 0.15) is 50.2 Å². The van der Waals surface area contributed by atoms with Crippen molar-refractivity contribution in [2.24, 2.45) is 11.8 Å². The van der Waals surface area contributed by atoms with Crippen LogP contribution < -0.4 is 5.32 Å². The van der Waals surface area contributed by atoms with Crippen LogP contribution in [0.4, 0.5) is 4.79 Å². The lowest BCUT2D eigenvalue weighted by atomic mass is 9.96. The molecule has 6 nitrogen and oxygen atoms in total. The maximum Gasteiger partial charge on any atom is 0.407 e. The molecule has 0 saturated carbocycles. The SMILES string of the molecule is CC(C)CC(NC(=O)OCC1c2ccccc2-c2ccccc21)C(=O)N1CCC(CO)CC1. The minimum absolute atomic E-state index is 0.0140. The standard InChI is InChI=1S/C27H34N2O4/c1-18(2)15-25(26(31)29-13-11-19(16-30)12-14-29)28-27(32)33-17-24-22-9-5-3-7-20(22)21-8-4-6-10-23(21)24/h3-10,18-19,24-25,30H,11-17H2,1-2H3,(H,28,32). The van der Waals surface area contributed by atoms with Gasteiger partial charge in [-0.15, -0.1) is 0 Å². The fourth-order valence-corrected chi connectivity index (χ4v) is 5.03. The lowest BCUT2D eigenvalue weighted by Crippen LogP contribution is -2.51. The van der Waals surface area contributed by atoms with E-state index in [9.17, 15) is 14.7 Å². The number of hydrogen-bond acceptors (Lipinski definition) is 4. The number of piperidine rings is 1. The quantitative estimate of drug-likeness (QED) is 0.664. The zero-order valence-electron chi connectivity index (χ0n) is 19.5. The normalized spacial score (nSPS) is 16.9. The molecule has 2 aliphatic rings. The highest BCUT2D eigenvalue weighted by atomic mass is 16.5. The Labute approximate surface area is 195 Å². The van der Waals surface area contributed by atoms with Crippen molar-refractivity contribution in [3.05, 3.63) is 59.7 Å². The molecule has 2 aromatic rings. The van der Waals surface area contributed by atoms with E-state index in [1.54, 1.807) is 0 Å². The average Bonchev–Trinajstić information content (AvgIpc) is 3.15. The van der Waals surface area contributed by atoms with E-state index in [-0.39, 0.29) is 36.9 Å². The van der Waals surface area contributed by atoms with Crippen molar-refractivity contribution in [2.75, 3.05) is 26.3 Å². The van der Waals surface area contributed by atoms with Crippen molar-refractivity contribution < 1.29 is 19.4 Å². The van der Waals surface area contributed by atoms with Gasteiger partial charge in [0.15, 0.2) is 0 Å². The molecule has 2 amide bonds. The highest BCUT2D eigenvalue weighted by molar-refractivity contribution is 5.86. The Morgan fingerprint density at radius 3 is 2.15 bits per heavy atom. The molecule has 4 rings (SSSR count). The maximum atomic E-state index is 13.1. The number of carbonyl (C=O) groups excluding carboxylic acids is 2. The number of benzene rings is 2. The van der Waals surface area contributed by atoms with Crippen LogP contribution in [0.15, 0.2) is 48.5 Å². The van der Waals surface area contributed by atoms with Gasteiger partial charge in [0.2, 0.25) is 5.91 Å². The Kier molecular flexibility index (Phi) is 7.33. The number of alkyl carbamates (subject to hydrolysis) is 1. The summed E-state index contributed by atoms with van der Waals surface area (Å²) in [6, 6.07) is 15.8. The number of nitrogens with one attached hydrogen (secondary N) is 1. The highest BCUT2D eigenvalue weighted by Gasteiger charge is 2.32. The number of fused-ring (bicyclic) bond motifs is 3. The third-order valence-electron chi connectivity index (χ3n) is 6.83. The summed E-state index contributed by atoms with van der Waals surface area (Å²) in [6.07, 6.45) is 1.59. The predicted molar refractivity (Wildman–Crippen MR) is 128 cm³/mol. The van der Waals surface area contributed by atoms with Crippen LogP contribution in [-0.2, 0) is 9.53 Å². The predicted octanol–water partition coefficient (Wildman–Crippen LogP) is 4.17. The van der Waals surface area contributed by atoms with Gasteiger partial charge in [-0.25, -0.2) is 4.79 Å². The van der Waals surface area contributed by atoms with Crippen molar-refractivity contribution >= 4 is 12.0 Å². The number of rotatable bonds is 7. The molecule has 1 saturated heterocycles. The largest absolute Gasteiger partial charge is 0.449 e. The van der Waals surface area contributed by atoms with Crippen LogP contribution in [-0.4, -0.2) is 54.4 Å². The van der Waals surface area contributed by atoms with Crippen molar-refractivity contribution in [3.8, 4) is 11.1 Å². The summed E-state index contributed by atoms with van der Waals surface area (Å²) in [5.74, 6) is 0.434. The second-order valence-electron chi connectivity index (χ2n) is 9.60. The second-order valence-corrected chi connectivity index (χ2v) is 9.60. The summed E-state index contributed by atoms with van der Waals surface area (Å²) in [5.41, 5.74) is 4.68. The smallest absolute Gasteiger partial charge is 0.407 e. The van der Waals surface area contributed by atoms with E-state index in [4.69, 9.17) is 4.74 Å². The molecule has 0 bridgehead atoms. The van der Waals surface area contributed by atoms with E-state index in [1.807, 2.05) is 43.0 Å². The number of aliphatic hydroxyl groups is 1. The van der Waals surface area contributed by atoms with Gasteiger partial charge in [0, 0.05) is 25.6 Å². The van der Waals surface area contributed by atoms with Gasteiger partial charge in [-0.2, -0.15) is 0 Å². The molecule has 2 N–H and O–H groups in total. The fourth-order valence-electron chi connectivity index (χ4n) is 5.03. The Morgan fingerprint density at radius 2 is 1.61 bits per heavy atom. The molecule has 1 aliphatic heterocycles.